The normalized spacial score (nSPS) is 16.9. The van der Waals surface area contributed by atoms with Crippen molar-refractivity contribution < 1.29 is 4.79 Å². The second-order valence-electron chi connectivity index (χ2n) is 7.64. The molecule has 1 saturated heterocycles. The van der Waals surface area contributed by atoms with Crippen molar-refractivity contribution in [3.63, 3.8) is 0 Å². The number of aromatic nitrogens is 3. The van der Waals surface area contributed by atoms with Crippen LogP contribution >= 0.6 is 11.3 Å². The van der Waals surface area contributed by atoms with Crippen LogP contribution in [-0.2, 0) is 4.79 Å². The fourth-order valence-electron chi connectivity index (χ4n) is 3.70. The second-order valence-corrected chi connectivity index (χ2v) is 8.87. The van der Waals surface area contributed by atoms with Crippen molar-refractivity contribution >= 4 is 34.0 Å². The number of carbonyl (C=O) groups is 1. The minimum absolute atomic E-state index is 0.0148. The maximum Gasteiger partial charge on any atom is 0.240 e. The molecule has 1 aliphatic rings. The summed E-state index contributed by atoms with van der Waals surface area (Å²) in [6.07, 6.45) is 5.67. The van der Waals surface area contributed by atoms with Gasteiger partial charge in [0.2, 0.25) is 5.91 Å². The molecule has 0 spiro atoms. The van der Waals surface area contributed by atoms with E-state index in [1.807, 2.05) is 38.1 Å². The molecule has 7 nitrogen and oxygen atoms in total. The van der Waals surface area contributed by atoms with Crippen LogP contribution < -0.4 is 10.6 Å². The fraction of sp³-hybridized carbons (Fsp3) is 0.364. The summed E-state index contributed by atoms with van der Waals surface area (Å²) in [5, 5.41) is 6.88. The second kappa shape index (κ2) is 9.32. The Bertz CT molecular complexity index is 1020. The van der Waals surface area contributed by atoms with E-state index in [9.17, 15) is 4.79 Å². The number of carbonyl (C=O) groups excluding carboxylic acids is 1. The molecule has 30 heavy (non-hydrogen) atoms. The Balaban J connectivity index is 1.38. The Morgan fingerprint density at radius 2 is 2.13 bits per heavy atom. The quantitative estimate of drug-likeness (QED) is 0.622. The monoisotopic (exact) mass is 422 g/mol. The van der Waals surface area contributed by atoms with Crippen LogP contribution in [-0.4, -0.2) is 45.4 Å². The van der Waals surface area contributed by atoms with Gasteiger partial charge < -0.3 is 10.6 Å². The van der Waals surface area contributed by atoms with Gasteiger partial charge in [0.1, 0.15) is 11.6 Å². The van der Waals surface area contributed by atoms with E-state index in [4.69, 9.17) is 4.98 Å². The van der Waals surface area contributed by atoms with Crippen LogP contribution in [0.4, 0.5) is 16.8 Å². The summed E-state index contributed by atoms with van der Waals surface area (Å²) in [5.74, 6) is 1.91. The first-order valence-electron chi connectivity index (χ1n) is 10.2. The summed E-state index contributed by atoms with van der Waals surface area (Å²) in [6, 6.07) is 10.0. The van der Waals surface area contributed by atoms with Crippen molar-refractivity contribution in [1.82, 2.24) is 19.9 Å². The van der Waals surface area contributed by atoms with Crippen LogP contribution in [0.25, 0.3) is 0 Å². The Hall–Kier alpha value is -2.84. The van der Waals surface area contributed by atoms with Gasteiger partial charge in [-0.2, -0.15) is 0 Å². The molecule has 0 unspecified atom stereocenters. The molecule has 2 N–H and O–H groups in total. The summed E-state index contributed by atoms with van der Waals surface area (Å²) in [4.78, 5) is 29.1. The van der Waals surface area contributed by atoms with Crippen LogP contribution in [0.2, 0.25) is 0 Å². The van der Waals surface area contributed by atoms with E-state index >= 15 is 0 Å². The van der Waals surface area contributed by atoms with E-state index in [1.165, 1.54) is 11.3 Å². The molecule has 1 fully saturated rings. The molecule has 0 bridgehead atoms. The average Bonchev–Trinajstić information content (AvgIpc) is 3.14. The van der Waals surface area contributed by atoms with Crippen molar-refractivity contribution in [2.24, 2.45) is 0 Å². The lowest BCUT2D eigenvalue weighted by molar-refractivity contribution is -0.117. The molecule has 4 heterocycles. The molecule has 3 aromatic heterocycles. The van der Waals surface area contributed by atoms with E-state index in [-0.39, 0.29) is 5.91 Å². The lowest BCUT2D eigenvalue weighted by atomic mass is 9.94. The number of rotatable bonds is 6. The number of hydrogen-bond acceptors (Lipinski definition) is 7. The zero-order valence-electron chi connectivity index (χ0n) is 17.3. The van der Waals surface area contributed by atoms with Gasteiger partial charge in [-0.3, -0.25) is 9.69 Å². The van der Waals surface area contributed by atoms with E-state index in [2.05, 4.69) is 31.6 Å². The highest BCUT2D eigenvalue weighted by atomic mass is 32.1. The maximum absolute atomic E-state index is 12.4. The predicted octanol–water partition coefficient (Wildman–Crippen LogP) is 4.11. The molecule has 156 valence electrons. The third-order valence-electron chi connectivity index (χ3n) is 5.19. The molecular formula is C22H26N6OS. The standard InChI is InChI=1S/C22H26N6OS/c1-15-6-4-10-23-21(15)26-19-9-3-8-18(25-19)17-7-5-11-28(13-17)14-20(29)27-22-24-12-16(2)30-22/h3-4,6,8-10,12,17H,5,7,11,13-14H2,1-2H3,(H,23,25,26)(H,24,27,29)/t17-/m0/s1. The minimum atomic E-state index is -0.0148. The molecular weight excluding hydrogens is 396 g/mol. The van der Waals surface area contributed by atoms with Crippen LogP contribution in [0, 0.1) is 13.8 Å². The van der Waals surface area contributed by atoms with Gasteiger partial charge >= 0.3 is 0 Å². The molecule has 3 aromatic rings. The third-order valence-corrected chi connectivity index (χ3v) is 6.01. The molecule has 1 atom stereocenters. The van der Waals surface area contributed by atoms with Crippen molar-refractivity contribution in [2.45, 2.75) is 32.6 Å². The number of aryl methyl sites for hydroxylation is 2. The van der Waals surface area contributed by atoms with Crippen LogP contribution in [0.3, 0.4) is 0 Å². The number of nitrogens with zero attached hydrogens (tertiary/aromatic N) is 4. The van der Waals surface area contributed by atoms with Gasteiger partial charge in [-0.15, -0.1) is 11.3 Å². The molecule has 0 aliphatic carbocycles. The molecule has 0 aromatic carbocycles. The van der Waals surface area contributed by atoms with Gasteiger partial charge in [-0.25, -0.2) is 15.0 Å². The number of pyridine rings is 2. The SMILES string of the molecule is Cc1cnc(NC(=O)CN2CCC[C@H](c3cccc(Nc4ncccc4C)n3)C2)s1. The van der Waals surface area contributed by atoms with Crippen LogP contribution in [0.1, 0.15) is 34.9 Å². The lowest BCUT2D eigenvalue weighted by Crippen LogP contribution is -2.40. The van der Waals surface area contributed by atoms with E-state index in [0.29, 0.717) is 17.6 Å². The summed E-state index contributed by atoms with van der Waals surface area (Å²) < 4.78 is 0. The fourth-order valence-corrected chi connectivity index (χ4v) is 4.38. The first kappa shape index (κ1) is 20.4. The van der Waals surface area contributed by atoms with Crippen LogP contribution in [0.5, 0.6) is 0 Å². The van der Waals surface area contributed by atoms with Gasteiger partial charge in [0, 0.05) is 35.4 Å². The first-order chi connectivity index (χ1) is 14.6. The molecule has 1 amide bonds. The smallest absolute Gasteiger partial charge is 0.240 e. The van der Waals surface area contributed by atoms with Crippen molar-refractivity contribution in [3.05, 3.63) is 58.9 Å². The number of hydrogen-bond donors (Lipinski definition) is 2. The molecule has 1 aliphatic heterocycles. The van der Waals surface area contributed by atoms with Crippen molar-refractivity contribution in [2.75, 3.05) is 30.3 Å². The maximum atomic E-state index is 12.4. The highest BCUT2D eigenvalue weighted by molar-refractivity contribution is 7.15. The van der Waals surface area contributed by atoms with E-state index in [0.717, 1.165) is 53.7 Å². The zero-order chi connectivity index (χ0) is 20.9. The lowest BCUT2D eigenvalue weighted by Gasteiger charge is -2.32. The van der Waals surface area contributed by atoms with Gasteiger partial charge in [0.05, 0.1) is 6.54 Å². The number of anilines is 3. The summed E-state index contributed by atoms with van der Waals surface area (Å²) in [7, 11) is 0. The Morgan fingerprint density at radius 1 is 1.23 bits per heavy atom. The van der Waals surface area contributed by atoms with Gasteiger partial charge in [-0.1, -0.05) is 12.1 Å². The van der Waals surface area contributed by atoms with Crippen molar-refractivity contribution in [3.8, 4) is 0 Å². The Kier molecular flexibility index (Phi) is 6.35. The topological polar surface area (TPSA) is 83.0 Å². The van der Waals surface area contributed by atoms with E-state index in [1.54, 1.807) is 12.4 Å². The average molecular weight is 423 g/mol. The van der Waals surface area contributed by atoms with Crippen molar-refractivity contribution in [1.29, 1.82) is 0 Å². The summed E-state index contributed by atoms with van der Waals surface area (Å²) >= 11 is 1.50. The van der Waals surface area contributed by atoms with Gasteiger partial charge in [-0.05, 0) is 57.0 Å². The predicted molar refractivity (Wildman–Crippen MR) is 120 cm³/mol. The van der Waals surface area contributed by atoms with Crippen LogP contribution in [0.15, 0.2) is 42.7 Å². The molecule has 8 heteroatoms. The molecule has 0 radical (unpaired) electrons. The molecule has 4 rings (SSSR count). The first-order valence-corrected chi connectivity index (χ1v) is 11.0. The van der Waals surface area contributed by atoms with E-state index < -0.39 is 0 Å². The number of likely N-dealkylation sites (tertiary alicyclic amines) is 1. The number of nitrogens with one attached hydrogen (secondary N) is 2. The third kappa shape index (κ3) is 5.20. The Morgan fingerprint density at radius 3 is 2.93 bits per heavy atom. The number of thiazole rings is 1. The summed E-state index contributed by atoms with van der Waals surface area (Å²) in [5.41, 5.74) is 2.13. The highest BCUT2D eigenvalue weighted by Crippen LogP contribution is 2.27. The minimum Gasteiger partial charge on any atom is -0.325 e. The zero-order valence-corrected chi connectivity index (χ0v) is 18.1. The number of amides is 1. The molecule has 0 saturated carbocycles. The summed E-state index contributed by atoms with van der Waals surface area (Å²) in [6.45, 7) is 6.12. The van der Waals surface area contributed by atoms with Gasteiger partial charge in [0.15, 0.2) is 5.13 Å². The number of piperidine rings is 1. The largest absolute Gasteiger partial charge is 0.325 e. The van der Waals surface area contributed by atoms with Gasteiger partial charge in [0.25, 0.3) is 0 Å². The Labute approximate surface area is 180 Å². The highest BCUT2D eigenvalue weighted by Gasteiger charge is 2.24.